The lowest BCUT2D eigenvalue weighted by molar-refractivity contribution is -0.00436. The van der Waals surface area contributed by atoms with Crippen LogP contribution in [0.2, 0.25) is 0 Å². The maximum absolute atomic E-state index is 9.60. The first-order chi connectivity index (χ1) is 15.2. The predicted molar refractivity (Wildman–Crippen MR) is 125 cm³/mol. The van der Waals surface area contributed by atoms with Crippen molar-refractivity contribution in [2.24, 2.45) is 0 Å². The van der Waals surface area contributed by atoms with E-state index in [0.29, 0.717) is 12.1 Å². The molecule has 0 saturated carbocycles. The molecular weight excluding hydrogens is 386 g/mol. The summed E-state index contributed by atoms with van der Waals surface area (Å²) in [5.74, 6) is 0. The van der Waals surface area contributed by atoms with E-state index in [2.05, 4.69) is 70.2 Å². The molecule has 2 aliphatic rings. The number of morpholine rings is 1. The van der Waals surface area contributed by atoms with Crippen LogP contribution in [0.25, 0.3) is 22.0 Å². The summed E-state index contributed by atoms with van der Waals surface area (Å²) in [5.41, 5.74) is 6.27. The van der Waals surface area contributed by atoms with Crippen LogP contribution >= 0.6 is 0 Å². The standard InChI is InChI=1S/C26H33N3O2/c1-19-18-31-11-10-28(19)15-20-4-2-5-21(12-20)22-7-8-26-23(13-22)14-24(27-26)16-29-9-3-6-25(29)17-30/h2,4-5,7-8,12-14,19,25,27,30H,3,6,9-11,15-18H2,1H3/t19-,25?/m1/s1. The highest BCUT2D eigenvalue weighted by Gasteiger charge is 2.24. The maximum Gasteiger partial charge on any atom is 0.0619 e. The van der Waals surface area contributed by atoms with Crippen LogP contribution in [0.5, 0.6) is 0 Å². The Morgan fingerprint density at radius 3 is 2.81 bits per heavy atom. The second-order valence-electron chi connectivity index (χ2n) is 9.14. The van der Waals surface area contributed by atoms with E-state index >= 15 is 0 Å². The van der Waals surface area contributed by atoms with E-state index in [1.807, 2.05) is 0 Å². The van der Waals surface area contributed by atoms with Gasteiger partial charge in [-0.15, -0.1) is 0 Å². The molecule has 5 nitrogen and oxygen atoms in total. The lowest BCUT2D eigenvalue weighted by Gasteiger charge is -2.33. The van der Waals surface area contributed by atoms with Gasteiger partial charge in [-0.1, -0.05) is 24.3 Å². The zero-order valence-corrected chi connectivity index (χ0v) is 18.4. The van der Waals surface area contributed by atoms with E-state index in [4.69, 9.17) is 4.74 Å². The first-order valence-corrected chi connectivity index (χ1v) is 11.6. The van der Waals surface area contributed by atoms with Crippen LogP contribution in [0.4, 0.5) is 0 Å². The van der Waals surface area contributed by atoms with Crippen LogP contribution in [-0.4, -0.2) is 64.9 Å². The second-order valence-corrected chi connectivity index (χ2v) is 9.14. The van der Waals surface area contributed by atoms with Crippen LogP contribution < -0.4 is 0 Å². The van der Waals surface area contributed by atoms with E-state index in [-0.39, 0.29) is 6.61 Å². The topological polar surface area (TPSA) is 51.7 Å². The van der Waals surface area contributed by atoms with E-state index in [1.165, 1.54) is 39.7 Å². The molecule has 3 aromatic rings. The second kappa shape index (κ2) is 9.13. The Bertz CT molecular complexity index is 1030. The molecule has 0 spiro atoms. The van der Waals surface area contributed by atoms with Crippen molar-refractivity contribution in [3.05, 3.63) is 59.8 Å². The van der Waals surface area contributed by atoms with Gasteiger partial charge in [-0.2, -0.15) is 0 Å². The average molecular weight is 420 g/mol. The number of H-pyrrole nitrogens is 1. The number of aliphatic hydroxyl groups excluding tert-OH is 1. The fraction of sp³-hybridized carbons (Fsp3) is 0.462. The number of nitrogens with one attached hydrogen (secondary N) is 1. The van der Waals surface area contributed by atoms with Gasteiger partial charge in [-0.05, 0) is 67.3 Å². The molecule has 2 fully saturated rings. The number of ether oxygens (including phenoxy) is 1. The molecule has 3 heterocycles. The van der Waals surface area contributed by atoms with Crippen LogP contribution in [0, 0.1) is 0 Å². The van der Waals surface area contributed by atoms with Gasteiger partial charge in [0.1, 0.15) is 0 Å². The molecule has 2 saturated heterocycles. The molecule has 2 atom stereocenters. The van der Waals surface area contributed by atoms with Crippen LogP contribution in [0.3, 0.4) is 0 Å². The summed E-state index contributed by atoms with van der Waals surface area (Å²) in [5, 5.41) is 10.8. The molecule has 5 heteroatoms. The quantitative estimate of drug-likeness (QED) is 0.634. The number of aliphatic hydroxyl groups is 1. The Morgan fingerprint density at radius 2 is 1.94 bits per heavy atom. The average Bonchev–Trinajstić information content (AvgIpc) is 3.41. The normalized spacial score (nSPS) is 23.0. The number of hydrogen-bond donors (Lipinski definition) is 2. The monoisotopic (exact) mass is 419 g/mol. The molecule has 0 aliphatic carbocycles. The fourth-order valence-corrected chi connectivity index (χ4v) is 5.07. The van der Waals surface area contributed by atoms with Gasteiger partial charge in [0.05, 0.1) is 19.8 Å². The number of fused-ring (bicyclic) bond motifs is 1. The van der Waals surface area contributed by atoms with Gasteiger partial charge in [0, 0.05) is 48.3 Å². The zero-order valence-electron chi connectivity index (χ0n) is 18.4. The molecule has 5 rings (SSSR count). The Kier molecular flexibility index (Phi) is 6.10. The number of aromatic amines is 1. The van der Waals surface area contributed by atoms with Crippen molar-refractivity contribution in [2.45, 2.75) is 44.9 Å². The van der Waals surface area contributed by atoms with Gasteiger partial charge < -0.3 is 14.8 Å². The van der Waals surface area contributed by atoms with Gasteiger partial charge in [-0.3, -0.25) is 9.80 Å². The molecule has 2 aliphatic heterocycles. The predicted octanol–water partition coefficient (Wildman–Crippen LogP) is 4.01. The third-order valence-corrected chi connectivity index (χ3v) is 6.91. The van der Waals surface area contributed by atoms with E-state index < -0.39 is 0 Å². The van der Waals surface area contributed by atoms with Gasteiger partial charge in [-0.25, -0.2) is 0 Å². The van der Waals surface area contributed by atoms with Crippen molar-refractivity contribution in [3.63, 3.8) is 0 Å². The Hall–Kier alpha value is -2.18. The van der Waals surface area contributed by atoms with Crippen molar-refractivity contribution in [2.75, 3.05) is 32.9 Å². The third kappa shape index (κ3) is 4.55. The number of nitrogens with zero attached hydrogens (tertiary/aromatic N) is 2. The van der Waals surface area contributed by atoms with Gasteiger partial charge in [0.2, 0.25) is 0 Å². The van der Waals surface area contributed by atoms with E-state index in [9.17, 15) is 5.11 Å². The highest BCUT2D eigenvalue weighted by molar-refractivity contribution is 5.86. The maximum atomic E-state index is 9.60. The molecule has 0 amide bonds. The lowest BCUT2D eigenvalue weighted by atomic mass is 10.0. The minimum atomic E-state index is 0.254. The smallest absolute Gasteiger partial charge is 0.0619 e. The first kappa shape index (κ1) is 20.7. The highest BCUT2D eigenvalue weighted by Crippen LogP contribution is 2.28. The molecule has 0 bridgehead atoms. The molecule has 0 radical (unpaired) electrons. The molecule has 2 aromatic carbocycles. The summed E-state index contributed by atoms with van der Waals surface area (Å²) in [6, 6.07) is 18.7. The molecule has 1 aromatic heterocycles. The summed E-state index contributed by atoms with van der Waals surface area (Å²) in [6.45, 7) is 8.06. The number of hydrogen-bond acceptors (Lipinski definition) is 4. The summed E-state index contributed by atoms with van der Waals surface area (Å²) in [4.78, 5) is 8.47. The summed E-state index contributed by atoms with van der Waals surface area (Å²) in [7, 11) is 0. The molecular formula is C26H33N3O2. The Morgan fingerprint density at radius 1 is 1.03 bits per heavy atom. The molecule has 31 heavy (non-hydrogen) atoms. The van der Waals surface area contributed by atoms with Crippen molar-refractivity contribution in [1.29, 1.82) is 0 Å². The first-order valence-electron chi connectivity index (χ1n) is 11.6. The third-order valence-electron chi connectivity index (χ3n) is 6.91. The van der Waals surface area contributed by atoms with Crippen LogP contribution in [0.1, 0.15) is 31.0 Å². The van der Waals surface area contributed by atoms with Gasteiger partial charge >= 0.3 is 0 Å². The Labute approximate surface area is 184 Å². The summed E-state index contributed by atoms with van der Waals surface area (Å²) >= 11 is 0. The number of likely N-dealkylation sites (tertiary alicyclic amines) is 1. The van der Waals surface area contributed by atoms with Crippen LogP contribution in [0.15, 0.2) is 48.5 Å². The Balaban J connectivity index is 1.34. The number of benzene rings is 2. The fourth-order valence-electron chi connectivity index (χ4n) is 5.07. The van der Waals surface area contributed by atoms with E-state index in [0.717, 1.165) is 45.8 Å². The lowest BCUT2D eigenvalue weighted by Crippen LogP contribution is -2.42. The van der Waals surface area contributed by atoms with Crippen LogP contribution in [-0.2, 0) is 17.8 Å². The van der Waals surface area contributed by atoms with Crippen molar-refractivity contribution in [3.8, 4) is 11.1 Å². The highest BCUT2D eigenvalue weighted by atomic mass is 16.5. The molecule has 1 unspecified atom stereocenters. The number of aromatic nitrogens is 1. The SMILES string of the molecule is C[C@@H]1COCCN1Cc1cccc(-c2ccc3[nH]c(CN4CCCC4CO)cc3c2)c1. The van der Waals surface area contributed by atoms with Crippen molar-refractivity contribution < 1.29 is 9.84 Å². The van der Waals surface area contributed by atoms with Gasteiger partial charge in [0.15, 0.2) is 0 Å². The molecule has 2 N–H and O–H groups in total. The number of rotatable bonds is 6. The minimum Gasteiger partial charge on any atom is -0.395 e. The minimum absolute atomic E-state index is 0.254. The van der Waals surface area contributed by atoms with Crippen molar-refractivity contribution >= 4 is 10.9 Å². The summed E-state index contributed by atoms with van der Waals surface area (Å²) < 4.78 is 5.58. The van der Waals surface area contributed by atoms with Gasteiger partial charge in [0.25, 0.3) is 0 Å². The molecule has 164 valence electrons. The van der Waals surface area contributed by atoms with Crippen molar-refractivity contribution in [1.82, 2.24) is 14.8 Å². The zero-order chi connectivity index (χ0) is 21.2. The largest absolute Gasteiger partial charge is 0.395 e. The van der Waals surface area contributed by atoms with E-state index in [1.54, 1.807) is 0 Å². The summed E-state index contributed by atoms with van der Waals surface area (Å²) in [6.07, 6.45) is 2.27.